The van der Waals surface area contributed by atoms with E-state index in [-0.39, 0.29) is 0 Å². The first-order valence-corrected chi connectivity index (χ1v) is 7.62. The van der Waals surface area contributed by atoms with Gasteiger partial charge in [-0.25, -0.2) is 13.0 Å². The summed E-state index contributed by atoms with van der Waals surface area (Å²) in [5.41, 5.74) is 2.05. The Morgan fingerprint density at radius 3 is 2.61 bits per heavy atom. The minimum atomic E-state index is -2.25. The Hall–Kier alpha value is -2.45. The second kappa shape index (κ2) is 5.98. The maximum absolute atomic E-state index is 13.3. The highest BCUT2D eigenvalue weighted by atomic mass is 32.2. The van der Waals surface area contributed by atoms with Gasteiger partial charge in [0.1, 0.15) is 5.75 Å². The van der Waals surface area contributed by atoms with E-state index in [2.05, 4.69) is 9.71 Å². The third kappa shape index (κ3) is 3.03. The molecule has 1 unspecified atom stereocenters. The number of ether oxygens (including phenoxy) is 1. The number of hydrogen-bond acceptors (Lipinski definition) is 2. The van der Waals surface area contributed by atoms with Gasteiger partial charge in [-0.05, 0) is 30.3 Å². The molecule has 0 fully saturated rings. The van der Waals surface area contributed by atoms with Crippen molar-refractivity contribution in [3.63, 3.8) is 0 Å². The topological polar surface area (TPSA) is 74.3 Å². The maximum Gasteiger partial charge on any atom is 0.259 e. The van der Waals surface area contributed by atoms with Crippen molar-refractivity contribution in [2.24, 2.45) is 0 Å². The second-order valence-electron chi connectivity index (χ2n) is 4.80. The van der Waals surface area contributed by atoms with Gasteiger partial charge in [0, 0.05) is 28.2 Å². The number of benzene rings is 2. The minimum Gasteiger partial charge on any atom is -0.495 e. The standard InChI is InChI=1S/C15H12F2N2O3S/c1-22-15-3-2-8(5-14(15)19-23(20)21)12-6-9-4-10(16)11(17)7-13(9)18-12/h2-7,18-19H,1H3,(H,20,21). The van der Waals surface area contributed by atoms with E-state index in [1.807, 2.05) is 0 Å². The van der Waals surface area contributed by atoms with Crippen molar-refractivity contribution in [1.29, 1.82) is 0 Å². The monoisotopic (exact) mass is 338 g/mol. The number of methoxy groups -OCH3 is 1. The molecule has 3 N–H and O–H groups in total. The summed E-state index contributed by atoms with van der Waals surface area (Å²) in [4.78, 5) is 2.98. The van der Waals surface area contributed by atoms with Gasteiger partial charge in [-0.15, -0.1) is 0 Å². The van der Waals surface area contributed by atoms with Crippen LogP contribution in [0.4, 0.5) is 14.5 Å². The van der Waals surface area contributed by atoms with Gasteiger partial charge in [0.25, 0.3) is 11.3 Å². The normalized spacial score (nSPS) is 12.3. The molecule has 3 rings (SSSR count). The summed E-state index contributed by atoms with van der Waals surface area (Å²) in [6.45, 7) is 0. The lowest BCUT2D eigenvalue weighted by Crippen LogP contribution is -2.03. The van der Waals surface area contributed by atoms with Crippen LogP contribution in [0.5, 0.6) is 5.75 Å². The molecular formula is C15H12F2N2O3S. The number of anilines is 1. The van der Waals surface area contributed by atoms with Gasteiger partial charge in [0.15, 0.2) is 11.6 Å². The molecule has 0 aliphatic heterocycles. The summed E-state index contributed by atoms with van der Waals surface area (Å²) in [7, 11) is 1.44. The summed E-state index contributed by atoms with van der Waals surface area (Å²) in [6.07, 6.45) is 0. The molecule has 1 atom stereocenters. The predicted molar refractivity (Wildman–Crippen MR) is 84.6 cm³/mol. The highest BCUT2D eigenvalue weighted by Crippen LogP contribution is 2.32. The highest BCUT2D eigenvalue weighted by Gasteiger charge is 2.11. The smallest absolute Gasteiger partial charge is 0.259 e. The van der Waals surface area contributed by atoms with Crippen LogP contribution in [-0.2, 0) is 11.3 Å². The van der Waals surface area contributed by atoms with Gasteiger partial charge in [0.05, 0.1) is 12.8 Å². The van der Waals surface area contributed by atoms with Crippen LogP contribution >= 0.6 is 0 Å². The zero-order valence-electron chi connectivity index (χ0n) is 11.9. The molecule has 0 bridgehead atoms. The fourth-order valence-corrected chi connectivity index (χ4v) is 2.68. The molecule has 0 saturated heterocycles. The molecule has 5 nitrogen and oxygen atoms in total. The summed E-state index contributed by atoms with van der Waals surface area (Å²) >= 11 is -2.25. The fourth-order valence-electron chi connectivity index (χ4n) is 2.33. The number of halogens is 2. The Labute approximate surface area is 132 Å². The predicted octanol–water partition coefficient (Wildman–Crippen LogP) is 3.67. The molecule has 1 heterocycles. The average molecular weight is 338 g/mol. The molecule has 120 valence electrons. The molecule has 0 radical (unpaired) electrons. The molecular weight excluding hydrogens is 326 g/mol. The number of H-pyrrole nitrogens is 1. The zero-order valence-corrected chi connectivity index (χ0v) is 12.7. The van der Waals surface area contributed by atoms with E-state index in [1.54, 1.807) is 24.3 Å². The SMILES string of the molecule is COc1ccc(-c2cc3cc(F)c(F)cc3[nH]2)cc1NS(=O)O. The van der Waals surface area contributed by atoms with Gasteiger partial charge >= 0.3 is 0 Å². The van der Waals surface area contributed by atoms with Gasteiger partial charge in [-0.2, -0.15) is 0 Å². The van der Waals surface area contributed by atoms with Crippen LogP contribution in [-0.4, -0.2) is 20.9 Å². The molecule has 2 aromatic carbocycles. The van der Waals surface area contributed by atoms with Crippen molar-refractivity contribution in [3.8, 4) is 17.0 Å². The van der Waals surface area contributed by atoms with Crippen molar-refractivity contribution < 1.29 is 22.3 Å². The van der Waals surface area contributed by atoms with Gasteiger partial charge in [0.2, 0.25) is 0 Å². The van der Waals surface area contributed by atoms with Crippen LogP contribution in [0.2, 0.25) is 0 Å². The Balaban J connectivity index is 2.09. The van der Waals surface area contributed by atoms with E-state index in [4.69, 9.17) is 9.29 Å². The zero-order chi connectivity index (χ0) is 16.6. The van der Waals surface area contributed by atoms with Crippen molar-refractivity contribution in [3.05, 3.63) is 48.0 Å². The molecule has 0 aliphatic rings. The number of nitrogens with one attached hydrogen (secondary N) is 2. The molecule has 1 aromatic heterocycles. The first-order valence-electron chi connectivity index (χ1n) is 6.51. The summed E-state index contributed by atoms with van der Waals surface area (Å²) < 4.78 is 54.0. The number of rotatable bonds is 4. The second-order valence-corrected chi connectivity index (χ2v) is 5.51. The van der Waals surface area contributed by atoms with Crippen molar-refractivity contribution in [2.75, 3.05) is 11.8 Å². The van der Waals surface area contributed by atoms with Crippen molar-refractivity contribution in [1.82, 2.24) is 4.98 Å². The third-order valence-electron chi connectivity index (χ3n) is 3.37. The lowest BCUT2D eigenvalue weighted by atomic mass is 10.1. The first-order chi connectivity index (χ1) is 11.0. The lowest BCUT2D eigenvalue weighted by molar-refractivity contribution is 0.417. The molecule has 0 saturated carbocycles. The van der Waals surface area contributed by atoms with Gasteiger partial charge in [-0.3, -0.25) is 9.27 Å². The number of aromatic nitrogens is 1. The molecule has 0 aliphatic carbocycles. The van der Waals surface area contributed by atoms with E-state index in [0.29, 0.717) is 33.6 Å². The van der Waals surface area contributed by atoms with Gasteiger partial charge < -0.3 is 9.72 Å². The van der Waals surface area contributed by atoms with E-state index in [0.717, 1.165) is 12.1 Å². The molecule has 0 amide bonds. The van der Waals surface area contributed by atoms with Crippen LogP contribution in [0.3, 0.4) is 0 Å². The Morgan fingerprint density at radius 1 is 1.17 bits per heavy atom. The molecule has 8 heteroatoms. The Bertz CT molecular complexity index is 872. The summed E-state index contributed by atoms with van der Waals surface area (Å²) in [5, 5.41) is 0.523. The van der Waals surface area contributed by atoms with Crippen LogP contribution in [0, 0.1) is 11.6 Å². The van der Waals surface area contributed by atoms with Crippen LogP contribution in [0.25, 0.3) is 22.2 Å². The minimum absolute atomic E-state index is 0.321. The summed E-state index contributed by atoms with van der Waals surface area (Å²) in [5.74, 6) is -1.46. The molecule has 3 aromatic rings. The van der Waals surface area contributed by atoms with E-state index >= 15 is 0 Å². The largest absolute Gasteiger partial charge is 0.495 e. The van der Waals surface area contributed by atoms with E-state index in [1.165, 1.54) is 7.11 Å². The number of hydrogen-bond donors (Lipinski definition) is 3. The van der Waals surface area contributed by atoms with Crippen molar-refractivity contribution >= 4 is 27.9 Å². The summed E-state index contributed by atoms with van der Waals surface area (Å²) in [6, 6.07) is 8.80. The number of aromatic amines is 1. The molecule has 23 heavy (non-hydrogen) atoms. The molecule has 0 spiro atoms. The Morgan fingerprint density at radius 2 is 1.91 bits per heavy atom. The van der Waals surface area contributed by atoms with Gasteiger partial charge in [-0.1, -0.05) is 0 Å². The van der Waals surface area contributed by atoms with Crippen LogP contribution in [0.1, 0.15) is 0 Å². The fraction of sp³-hybridized carbons (Fsp3) is 0.0667. The van der Waals surface area contributed by atoms with E-state index in [9.17, 15) is 13.0 Å². The maximum atomic E-state index is 13.3. The first kappa shape index (κ1) is 15.4. The van der Waals surface area contributed by atoms with Crippen LogP contribution in [0.15, 0.2) is 36.4 Å². The van der Waals surface area contributed by atoms with Crippen molar-refractivity contribution in [2.45, 2.75) is 0 Å². The highest BCUT2D eigenvalue weighted by molar-refractivity contribution is 7.80. The quantitative estimate of drug-likeness (QED) is 0.636. The third-order valence-corrected chi connectivity index (χ3v) is 3.76. The average Bonchev–Trinajstić information content (AvgIpc) is 2.90. The Kier molecular flexibility index (Phi) is 4.01. The lowest BCUT2D eigenvalue weighted by Gasteiger charge is -2.09. The van der Waals surface area contributed by atoms with Crippen LogP contribution < -0.4 is 9.46 Å². The van der Waals surface area contributed by atoms with E-state index < -0.39 is 22.9 Å². The number of fused-ring (bicyclic) bond motifs is 1.